The maximum absolute atomic E-state index is 11.2. The molecule has 0 aromatic heterocycles. The van der Waals surface area contributed by atoms with Gasteiger partial charge >= 0.3 is 5.97 Å². The van der Waals surface area contributed by atoms with Crippen LogP contribution in [-0.4, -0.2) is 22.8 Å². The van der Waals surface area contributed by atoms with Crippen LogP contribution in [0.25, 0.3) is 0 Å². The van der Waals surface area contributed by atoms with E-state index in [2.05, 4.69) is 40.7 Å². The molecular weight excluding hydrogens is 352 g/mol. The van der Waals surface area contributed by atoms with Crippen molar-refractivity contribution in [2.45, 2.75) is 105 Å². The quantitative estimate of drug-likeness (QED) is 0.450. The molecule has 4 nitrogen and oxygen atoms in total. The van der Waals surface area contributed by atoms with Crippen molar-refractivity contribution in [1.29, 1.82) is 0 Å². The minimum Gasteiger partial charge on any atom is -0.481 e. The van der Waals surface area contributed by atoms with E-state index in [0.29, 0.717) is 17.3 Å². The van der Waals surface area contributed by atoms with Crippen molar-refractivity contribution in [1.82, 2.24) is 0 Å². The van der Waals surface area contributed by atoms with Crippen molar-refractivity contribution in [3.63, 3.8) is 0 Å². The minimum atomic E-state index is -0.821. The van der Waals surface area contributed by atoms with E-state index in [0.717, 1.165) is 25.7 Å². The topological polar surface area (TPSA) is 55.8 Å². The number of rotatable bonds is 5. The monoisotopic (exact) mass is 392 g/mol. The Balaban J connectivity index is 1.67. The van der Waals surface area contributed by atoms with Crippen molar-refractivity contribution in [2.24, 2.45) is 28.6 Å². The Morgan fingerprint density at radius 1 is 1.18 bits per heavy atom. The summed E-state index contributed by atoms with van der Waals surface area (Å²) >= 11 is 0. The summed E-state index contributed by atoms with van der Waals surface area (Å²) in [7, 11) is 0. The molecule has 0 unspecified atom stereocenters. The molecule has 0 bridgehead atoms. The first-order valence-corrected chi connectivity index (χ1v) is 11.3. The maximum atomic E-state index is 11.2. The lowest BCUT2D eigenvalue weighted by Gasteiger charge is -2.53. The molecule has 1 aliphatic heterocycles. The fourth-order valence-corrected chi connectivity index (χ4v) is 5.82. The summed E-state index contributed by atoms with van der Waals surface area (Å²) in [6.07, 6.45) is 11.0. The van der Waals surface area contributed by atoms with Crippen molar-refractivity contribution >= 4 is 5.97 Å². The van der Waals surface area contributed by atoms with Crippen LogP contribution in [0.1, 0.15) is 92.9 Å². The zero-order valence-electron chi connectivity index (χ0n) is 18.7. The number of carboxylic acids is 1. The van der Waals surface area contributed by atoms with Gasteiger partial charge in [0, 0.05) is 0 Å². The van der Waals surface area contributed by atoms with E-state index in [1.165, 1.54) is 25.7 Å². The van der Waals surface area contributed by atoms with Crippen molar-refractivity contribution in [2.75, 3.05) is 0 Å². The minimum absolute atomic E-state index is 0.220. The van der Waals surface area contributed by atoms with Crippen molar-refractivity contribution in [3.8, 4) is 0 Å². The van der Waals surface area contributed by atoms with Crippen LogP contribution in [0.3, 0.4) is 0 Å². The average Bonchev–Trinajstić information content (AvgIpc) is 2.63. The maximum Gasteiger partial charge on any atom is 0.308 e. The van der Waals surface area contributed by atoms with Crippen LogP contribution in [0.15, 0.2) is 11.6 Å². The predicted molar refractivity (Wildman–Crippen MR) is 111 cm³/mol. The highest BCUT2D eigenvalue weighted by Gasteiger charge is 2.49. The third kappa shape index (κ3) is 4.05. The van der Waals surface area contributed by atoms with E-state index < -0.39 is 11.9 Å². The lowest BCUT2D eigenvalue weighted by Crippen LogP contribution is -2.45. The molecule has 0 spiro atoms. The van der Waals surface area contributed by atoms with E-state index in [-0.39, 0.29) is 17.1 Å². The van der Waals surface area contributed by atoms with Gasteiger partial charge in [-0.1, -0.05) is 39.3 Å². The highest BCUT2D eigenvalue weighted by Crippen LogP contribution is 2.58. The second-order valence-electron chi connectivity index (χ2n) is 11.0. The van der Waals surface area contributed by atoms with Gasteiger partial charge < -0.3 is 5.11 Å². The lowest BCUT2D eigenvalue weighted by atomic mass is 9.52. The van der Waals surface area contributed by atoms with Gasteiger partial charge in [0.25, 0.3) is 0 Å². The van der Waals surface area contributed by atoms with Gasteiger partial charge in [0.2, 0.25) is 0 Å². The van der Waals surface area contributed by atoms with Gasteiger partial charge in [0.1, 0.15) is 11.7 Å². The molecule has 0 aromatic rings. The third-order valence-electron chi connectivity index (χ3n) is 8.56. The summed E-state index contributed by atoms with van der Waals surface area (Å²) in [4.78, 5) is 22.6. The van der Waals surface area contributed by atoms with Gasteiger partial charge in [-0.25, -0.2) is 9.78 Å². The summed E-state index contributed by atoms with van der Waals surface area (Å²) in [5.41, 5.74) is 1.99. The Hall–Kier alpha value is -0.870. The second kappa shape index (κ2) is 7.75. The van der Waals surface area contributed by atoms with Gasteiger partial charge in [-0.3, -0.25) is 4.79 Å². The molecule has 1 saturated heterocycles. The Labute approximate surface area is 171 Å². The summed E-state index contributed by atoms with van der Waals surface area (Å²) in [6, 6.07) is 0. The summed E-state index contributed by atoms with van der Waals surface area (Å²) in [5.74, 6) is 0.0332. The molecule has 160 valence electrons. The Morgan fingerprint density at radius 3 is 2.50 bits per heavy atom. The molecular formula is C24H40O4. The highest BCUT2D eigenvalue weighted by molar-refractivity contribution is 5.70. The smallest absolute Gasteiger partial charge is 0.308 e. The third-order valence-corrected chi connectivity index (χ3v) is 8.56. The predicted octanol–water partition coefficient (Wildman–Crippen LogP) is 6.16. The number of hydrogen-bond donors (Lipinski definition) is 1. The molecule has 0 aromatic carbocycles. The van der Waals surface area contributed by atoms with E-state index in [1.807, 2.05) is 0 Å². The largest absolute Gasteiger partial charge is 0.481 e. The van der Waals surface area contributed by atoms with E-state index in [9.17, 15) is 9.90 Å². The molecule has 6 atom stereocenters. The molecule has 28 heavy (non-hydrogen) atoms. The summed E-state index contributed by atoms with van der Waals surface area (Å²) in [5, 5.41) is 9.21. The fraction of sp³-hybridized carbons (Fsp3) is 0.875. The number of allylic oxidation sites excluding steroid dienone is 2. The molecule has 2 aliphatic carbocycles. The standard InChI is InChI=1S/C24H40O4/c1-16-9-10-18-19(8-7-12-22(18,3)4)24(16,6)15-14-23(5)13-11-20(27-28-23)17(2)21(25)26/h8,16-18,20H,7,9-15H2,1-6H3,(H,25,26)/t16-,17+,18-,20+,23+,24-/m1/s1. The zero-order valence-corrected chi connectivity index (χ0v) is 18.7. The number of carboxylic acid groups (broad SMARTS) is 1. The number of fused-ring (bicyclic) bond motifs is 1. The molecule has 1 saturated carbocycles. The van der Waals surface area contributed by atoms with Gasteiger partial charge in [-0.05, 0) is 87.9 Å². The van der Waals surface area contributed by atoms with Gasteiger partial charge in [0.05, 0.1) is 5.92 Å². The van der Waals surface area contributed by atoms with Crippen LogP contribution in [0, 0.1) is 28.6 Å². The highest BCUT2D eigenvalue weighted by atomic mass is 17.2. The van der Waals surface area contributed by atoms with Crippen LogP contribution >= 0.6 is 0 Å². The van der Waals surface area contributed by atoms with Gasteiger partial charge in [-0.15, -0.1) is 0 Å². The number of hydrogen-bond acceptors (Lipinski definition) is 3. The number of carbonyl (C=O) groups is 1. The van der Waals surface area contributed by atoms with Gasteiger partial charge in [0.15, 0.2) is 0 Å². The lowest BCUT2D eigenvalue weighted by molar-refractivity contribution is -0.411. The average molecular weight is 393 g/mol. The Kier molecular flexibility index (Phi) is 6.05. The summed E-state index contributed by atoms with van der Waals surface area (Å²) in [6.45, 7) is 13.6. The van der Waals surface area contributed by atoms with Crippen molar-refractivity contribution in [3.05, 3.63) is 11.6 Å². The van der Waals surface area contributed by atoms with Crippen LogP contribution in [0.5, 0.6) is 0 Å². The molecule has 0 radical (unpaired) electrons. The molecule has 3 aliphatic rings. The molecule has 4 heteroatoms. The molecule has 3 rings (SSSR count). The first kappa shape index (κ1) is 21.8. The first-order chi connectivity index (χ1) is 13.0. The van der Waals surface area contributed by atoms with Crippen LogP contribution in [0.4, 0.5) is 0 Å². The van der Waals surface area contributed by atoms with E-state index >= 15 is 0 Å². The molecule has 1 N–H and O–H groups in total. The van der Waals surface area contributed by atoms with E-state index in [1.54, 1.807) is 12.5 Å². The second-order valence-corrected chi connectivity index (χ2v) is 11.0. The SMILES string of the molecule is C[C@H](C(=O)O)[C@@H]1CC[C@@](C)(CC[C@@]2(C)C3=CCCC(C)(C)[C@@H]3CC[C@H]2C)OO1. The molecule has 2 fully saturated rings. The van der Waals surface area contributed by atoms with Crippen LogP contribution < -0.4 is 0 Å². The van der Waals surface area contributed by atoms with Gasteiger partial charge in [-0.2, -0.15) is 0 Å². The van der Waals surface area contributed by atoms with Crippen LogP contribution in [-0.2, 0) is 14.6 Å². The Morgan fingerprint density at radius 2 is 1.89 bits per heavy atom. The first-order valence-electron chi connectivity index (χ1n) is 11.3. The fourth-order valence-electron chi connectivity index (χ4n) is 5.82. The summed E-state index contributed by atoms with van der Waals surface area (Å²) < 4.78 is 0. The Bertz CT molecular complexity index is 614. The zero-order chi connectivity index (χ0) is 20.7. The normalized spacial score (nSPS) is 41.6. The number of aliphatic carboxylic acids is 1. The molecule has 1 heterocycles. The van der Waals surface area contributed by atoms with E-state index in [4.69, 9.17) is 9.78 Å². The van der Waals surface area contributed by atoms with Crippen LogP contribution in [0.2, 0.25) is 0 Å². The molecule has 0 amide bonds. The van der Waals surface area contributed by atoms with Crippen molar-refractivity contribution < 1.29 is 19.7 Å².